The molecule has 4 rings (SSSR count). The zero-order valence-corrected chi connectivity index (χ0v) is 16.4. The summed E-state index contributed by atoms with van der Waals surface area (Å²) in [4.78, 5) is 5.02. The molecule has 1 aromatic heterocycles. The highest BCUT2D eigenvalue weighted by Crippen LogP contribution is 2.30. The molecule has 5 nitrogen and oxygen atoms in total. The SMILES string of the molecule is Cc1cc(C)cc(S(=O)(=O)Nc2ccccc2-c2cn3c(n2)CCCC3)c1. The minimum Gasteiger partial charge on any atom is -0.334 e. The van der Waals surface area contributed by atoms with E-state index in [4.69, 9.17) is 4.98 Å². The van der Waals surface area contributed by atoms with Crippen LogP contribution in [-0.2, 0) is 23.0 Å². The van der Waals surface area contributed by atoms with Crippen LogP contribution in [0.5, 0.6) is 0 Å². The number of nitrogens with one attached hydrogen (secondary N) is 1. The van der Waals surface area contributed by atoms with E-state index >= 15 is 0 Å². The summed E-state index contributed by atoms with van der Waals surface area (Å²) in [6.07, 6.45) is 5.30. The number of aryl methyl sites for hydroxylation is 4. The molecule has 2 aromatic carbocycles. The molecule has 0 bridgehead atoms. The van der Waals surface area contributed by atoms with Gasteiger partial charge in [0.2, 0.25) is 0 Å². The van der Waals surface area contributed by atoms with Crippen molar-refractivity contribution in [3.05, 3.63) is 65.6 Å². The van der Waals surface area contributed by atoms with Crippen LogP contribution < -0.4 is 4.72 Å². The van der Waals surface area contributed by atoms with Gasteiger partial charge in [-0.15, -0.1) is 0 Å². The molecule has 2 heterocycles. The van der Waals surface area contributed by atoms with Gasteiger partial charge in [-0.25, -0.2) is 13.4 Å². The first-order valence-corrected chi connectivity index (χ1v) is 10.7. The Labute approximate surface area is 160 Å². The smallest absolute Gasteiger partial charge is 0.261 e. The average molecular weight is 382 g/mol. The number of hydrogen-bond acceptors (Lipinski definition) is 3. The predicted octanol–water partition coefficient (Wildman–Crippen LogP) is 4.30. The number of benzene rings is 2. The molecule has 1 N–H and O–H groups in total. The number of imidazole rings is 1. The van der Waals surface area contributed by atoms with Crippen molar-refractivity contribution in [1.29, 1.82) is 0 Å². The van der Waals surface area contributed by atoms with Gasteiger partial charge in [0.1, 0.15) is 5.82 Å². The normalized spacial score (nSPS) is 14.0. The number of aromatic nitrogens is 2. The third-order valence-corrected chi connectivity index (χ3v) is 6.21. The monoisotopic (exact) mass is 381 g/mol. The predicted molar refractivity (Wildman–Crippen MR) is 107 cm³/mol. The van der Waals surface area contributed by atoms with Crippen molar-refractivity contribution in [1.82, 2.24) is 9.55 Å². The number of anilines is 1. The maximum Gasteiger partial charge on any atom is 0.261 e. The molecule has 0 saturated carbocycles. The van der Waals surface area contributed by atoms with Gasteiger partial charge in [0, 0.05) is 24.7 Å². The number of para-hydroxylation sites is 1. The molecule has 140 valence electrons. The molecule has 0 aliphatic carbocycles. The van der Waals surface area contributed by atoms with E-state index in [2.05, 4.69) is 9.29 Å². The first-order chi connectivity index (χ1) is 12.9. The van der Waals surface area contributed by atoms with Crippen LogP contribution in [-0.4, -0.2) is 18.0 Å². The van der Waals surface area contributed by atoms with Gasteiger partial charge in [-0.1, -0.05) is 24.3 Å². The standard InChI is InChI=1S/C21H23N3O2S/c1-15-11-16(2)13-17(12-15)27(25,26)23-19-8-4-3-7-18(19)20-14-24-10-6-5-9-21(24)22-20/h3-4,7-8,11-14,23H,5-6,9-10H2,1-2H3. The highest BCUT2D eigenvalue weighted by atomic mass is 32.2. The Balaban J connectivity index is 1.72. The second kappa shape index (κ2) is 6.85. The molecule has 0 unspecified atom stereocenters. The summed E-state index contributed by atoms with van der Waals surface area (Å²) >= 11 is 0. The first kappa shape index (κ1) is 17.8. The molecular weight excluding hydrogens is 358 g/mol. The van der Waals surface area contributed by atoms with E-state index < -0.39 is 10.0 Å². The molecule has 0 radical (unpaired) electrons. The Morgan fingerprint density at radius 1 is 1.04 bits per heavy atom. The quantitative estimate of drug-likeness (QED) is 0.733. The van der Waals surface area contributed by atoms with E-state index in [0.29, 0.717) is 5.69 Å². The fourth-order valence-electron chi connectivity index (χ4n) is 3.63. The minimum absolute atomic E-state index is 0.277. The van der Waals surface area contributed by atoms with Gasteiger partial charge in [0.15, 0.2) is 0 Å². The van der Waals surface area contributed by atoms with Crippen LogP contribution in [0.4, 0.5) is 5.69 Å². The van der Waals surface area contributed by atoms with Gasteiger partial charge in [-0.3, -0.25) is 4.72 Å². The van der Waals surface area contributed by atoms with E-state index in [-0.39, 0.29) is 4.90 Å². The second-order valence-corrected chi connectivity index (χ2v) is 8.85. The third-order valence-electron chi connectivity index (χ3n) is 4.86. The largest absolute Gasteiger partial charge is 0.334 e. The van der Waals surface area contributed by atoms with Gasteiger partial charge < -0.3 is 4.57 Å². The van der Waals surface area contributed by atoms with Crippen molar-refractivity contribution in [2.45, 2.75) is 44.6 Å². The van der Waals surface area contributed by atoms with Crippen LogP contribution in [0.15, 0.2) is 53.6 Å². The number of rotatable bonds is 4. The molecule has 0 atom stereocenters. The number of sulfonamides is 1. The molecule has 0 saturated heterocycles. The lowest BCUT2D eigenvalue weighted by atomic mass is 10.1. The van der Waals surface area contributed by atoms with Crippen molar-refractivity contribution >= 4 is 15.7 Å². The van der Waals surface area contributed by atoms with Crippen molar-refractivity contribution in [2.75, 3.05) is 4.72 Å². The van der Waals surface area contributed by atoms with Crippen molar-refractivity contribution < 1.29 is 8.42 Å². The summed E-state index contributed by atoms with van der Waals surface area (Å²) in [5, 5.41) is 0. The summed E-state index contributed by atoms with van der Waals surface area (Å²) in [7, 11) is -3.68. The molecule has 27 heavy (non-hydrogen) atoms. The maximum atomic E-state index is 12.9. The number of hydrogen-bond donors (Lipinski definition) is 1. The van der Waals surface area contributed by atoms with Gasteiger partial charge in [-0.2, -0.15) is 0 Å². The summed E-state index contributed by atoms with van der Waals surface area (Å²) in [5.74, 6) is 1.07. The summed E-state index contributed by atoms with van der Waals surface area (Å²) in [5.41, 5.74) is 4.00. The van der Waals surface area contributed by atoms with Crippen LogP contribution in [0.25, 0.3) is 11.3 Å². The molecule has 6 heteroatoms. The lowest BCUT2D eigenvalue weighted by Crippen LogP contribution is -2.14. The highest BCUT2D eigenvalue weighted by molar-refractivity contribution is 7.92. The first-order valence-electron chi connectivity index (χ1n) is 9.19. The molecule has 0 fully saturated rings. The van der Waals surface area contributed by atoms with Gasteiger partial charge in [0.25, 0.3) is 10.0 Å². The lowest BCUT2D eigenvalue weighted by Gasteiger charge is -2.12. The topological polar surface area (TPSA) is 64.0 Å². The van der Waals surface area contributed by atoms with Crippen molar-refractivity contribution in [2.24, 2.45) is 0 Å². The fraction of sp³-hybridized carbons (Fsp3) is 0.286. The molecular formula is C21H23N3O2S. The maximum absolute atomic E-state index is 12.9. The molecule has 0 spiro atoms. The Hall–Kier alpha value is -2.60. The van der Waals surface area contributed by atoms with E-state index in [1.54, 1.807) is 18.2 Å². The second-order valence-electron chi connectivity index (χ2n) is 7.17. The zero-order chi connectivity index (χ0) is 19.0. The van der Waals surface area contributed by atoms with Crippen molar-refractivity contribution in [3.63, 3.8) is 0 Å². The summed E-state index contributed by atoms with van der Waals surface area (Å²) < 4.78 is 30.8. The van der Waals surface area contributed by atoms with Crippen LogP contribution in [0.1, 0.15) is 29.8 Å². The van der Waals surface area contributed by atoms with Crippen LogP contribution in [0, 0.1) is 13.8 Å². The lowest BCUT2D eigenvalue weighted by molar-refractivity contribution is 0.522. The van der Waals surface area contributed by atoms with Gasteiger partial charge in [0.05, 0.1) is 16.3 Å². The third kappa shape index (κ3) is 3.62. The minimum atomic E-state index is -3.68. The average Bonchev–Trinajstić information content (AvgIpc) is 3.05. The molecule has 1 aliphatic heterocycles. The zero-order valence-electron chi connectivity index (χ0n) is 15.6. The highest BCUT2D eigenvalue weighted by Gasteiger charge is 2.19. The van der Waals surface area contributed by atoms with Gasteiger partial charge >= 0.3 is 0 Å². The van der Waals surface area contributed by atoms with Crippen LogP contribution in [0.3, 0.4) is 0 Å². The fourth-order valence-corrected chi connectivity index (χ4v) is 4.90. The Morgan fingerprint density at radius 2 is 1.78 bits per heavy atom. The molecule has 0 amide bonds. The van der Waals surface area contributed by atoms with E-state index in [9.17, 15) is 8.42 Å². The van der Waals surface area contributed by atoms with Crippen LogP contribution >= 0.6 is 0 Å². The van der Waals surface area contributed by atoms with Crippen molar-refractivity contribution in [3.8, 4) is 11.3 Å². The van der Waals surface area contributed by atoms with E-state index in [1.165, 1.54) is 0 Å². The number of fused-ring (bicyclic) bond motifs is 1. The Morgan fingerprint density at radius 3 is 2.52 bits per heavy atom. The Bertz CT molecular complexity index is 1060. The molecule has 3 aromatic rings. The van der Waals surface area contributed by atoms with Crippen LogP contribution in [0.2, 0.25) is 0 Å². The Kier molecular flexibility index (Phi) is 4.52. The summed E-state index contributed by atoms with van der Waals surface area (Å²) in [6, 6.07) is 12.8. The van der Waals surface area contributed by atoms with E-state index in [1.807, 2.05) is 44.3 Å². The van der Waals surface area contributed by atoms with Gasteiger partial charge in [-0.05, 0) is 56.0 Å². The molecule has 1 aliphatic rings. The summed E-state index contributed by atoms with van der Waals surface area (Å²) in [6.45, 7) is 4.77. The number of nitrogens with zero attached hydrogens (tertiary/aromatic N) is 2. The van der Waals surface area contributed by atoms with E-state index in [0.717, 1.165) is 54.0 Å².